The van der Waals surface area contributed by atoms with E-state index >= 15 is 0 Å². The van der Waals surface area contributed by atoms with Crippen LogP contribution in [0.4, 0.5) is 4.39 Å². The first-order valence-corrected chi connectivity index (χ1v) is 7.16. The molecule has 1 aromatic carbocycles. The summed E-state index contributed by atoms with van der Waals surface area (Å²) in [5, 5.41) is 0. The second kappa shape index (κ2) is 6.48. The van der Waals surface area contributed by atoms with Gasteiger partial charge in [0.25, 0.3) is 5.91 Å². The van der Waals surface area contributed by atoms with Crippen molar-refractivity contribution in [3.05, 3.63) is 34.1 Å². The van der Waals surface area contributed by atoms with Gasteiger partial charge in [-0.2, -0.15) is 0 Å². The van der Waals surface area contributed by atoms with E-state index < -0.39 is 5.82 Å². The molecule has 1 saturated heterocycles. The fraction of sp³-hybridized carbons (Fsp3) is 0.500. The highest BCUT2D eigenvalue weighted by Gasteiger charge is 2.22. The molecule has 1 aromatic rings. The zero-order valence-electron chi connectivity index (χ0n) is 10.9. The first-order valence-electron chi connectivity index (χ1n) is 6.37. The van der Waals surface area contributed by atoms with Gasteiger partial charge in [-0.3, -0.25) is 4.79 Å². The van der Waals surface area contributed by atoms with Crippen molar-refractivity contribution in [1.29, 1.82) is 0 Å². The van der Waals surface area contributed by atoms with Crippen LogP contribution >= 0.6 is 15.9 Å². The van der Waals surface area contributed by atoms with Crippen LogP contribution in [0.15, 0.2) is 22.7 Å². The molecule has 1 aliphatic rings. The Kier molecular flexibility index (Phi) is 4.93. The van der Waals surface area contributed by atoms with Crippen LogP contribution in [-0.2, 0) is 4.74 Å². The van der Waals surface area contributed by atoms with Gasteiger partial charge in [-0.1, -0.05) is 6.07 Å². The minimum absolute atomic E-state index is 0.108. The van der Waals surface area contributed by atoms with E-state index in [0.717, 1.165) is 26.1 Å². The quantitative estimate of drug-likeness (QED) is 0.852. The summed E-state index contributed by atoms with van der Waals surface area (Å²) in [6.45, 7) is 2.13. The van der Waals surface area contributed by atoms with Gasteiger partial charge in [0.05, 0.1) is 5.56 Å². The van der Waals surface area contributed by atoms with Crippen LogP contribution in [0.3, 0.4) is 0 Å². The number of carbonyl (C=O) groups excluding carboxylic acids is 1. The average Bonchev–Trinajstić information content (AvgIpc) is 2.39. The Labute approximate surface area is 120 Å². The lowest BCUT2D eigenvalue weighted by Crippen LogP contribution is -2.34. The van der Waals surface area contributed by atoms with Crippen molar-refractivity contribution in [2.45, 2.75) is 12.8 Å². The number of hydrogen-bond donors (Lipinski definition) is 0. The molecule has 0 aromatic heterocycles. The topological polar surface area (TPSA) is 29.5 Å². The SMILES string of the molecule is CN(CC1CCOCC1)C(=O)c1c(F)cccc1Br. The van der Waals surface area contributed by atoms with Gasteiger partial charge < -0.3 is 9.64 Å². The Bertz CT molecular complexity index is 441. The van der Waals surface area contributed by atoms with E-state index in [4.69, 9.17) is 4.74 Å². The number of hydrogen-bond acceptors (Lipinski definition) is 2. The van der Waals surface area contributed by atoms with Crippen molar-refractivity contribution in [3.8, 4) is 0 Å². The van der Waals surface area contributed by atoms with Crippen LogP contribution in [0.2, 0.25) is 0 Å². The summed E-state index contributed by atoms with van der Waals surface area (Å²) in [5.74, 6) is -0.331. The Morgan fingerprint density at radius 3 is 2.79 bits per heavy atom. The van der Waals surface area contributed by atoms with E-state index in [1.165, 1.54) is 6.07 Å². The molecule has 0 atom stereocenters. The number of amides is 1. The van der Waals surface area contributed by atoms with Gasteiger partial charge >= 0.3 is 0 Å². The van der Waals surface area contributed by atoms with Gasteiger partial charge in [0.1, 0.15) is 5.82 Å². The fourth-order valence-corrected chi connectivity index (χ4v) is 2.80. The lowest BCUT2D eigenvalue weighted by Gasteiger charge is -2.27. The van der Waals surface area contributed by atoms with E-state index in [9.17, 15) is 9.18 Å². The highest BCUT2D eigenvalue weighted by Crippen LogP contribution is 2.22. The maximum atomic E-state index is 13.7. The summed E-state index contributed by atoms with van der Waals surface area (Å²) in [6, 6.07) is 4.56. The molecule has 0 N–H and O–H groups in total. The van der Waals surface area contributed by atoms with Gasteiger partial charge in [-0.15, -0.1) is 0 Å². The molecule has 5 heteroatoms. The molecule has 0 unspecified atom stereocenters. The molecule has 3 nitrogen and oxygen atoms in total. The molecule has 19 heavy (non-hydrogen) atoms. The number of ether oxygens (including phenoxy) is 1. The molecule has 0 aliphatic carbocycles. The van der Waals surface area contributed by atoms with Crippen LogP contribution in [0, 0.1) is 11.7 Å². The van der Waals surface area contributed by atoms with Crippen molar-refractivity contribution in [3.63, 3.8) is 0 Å². The number of carbonyl (C=O) groups is 1. The lowest BCUT2D eigenvalue weighted by atomic mass is 9.99. The maximum Gasteiger partial charge on any atom is 0.257 e. The van der Waals surface area contributed by atoms with Gasteiger partial charge in [0.2, 0.25) is 0 Å². The molecule has 1 heterocycles. The minimum atomic E-state index is -0.488. The summed E-state index contributed by atoms with van der Waals surface area (Å²) in [4.78, 5) is 13.9. The third-order valence-corrected chi connectivity index (χ3v) is 4.06. The van der Waals surface area contributed by atoms with Gasteiger partial charge in [-0.05, 0) is 46.8 Å². The van der Waals surface area contributed by atoms with Crippen LogP contribution < -0.4 is 0 Å². The van der Waals surface area contributed by atoms with Gasteiger partial charge in [0, 0.05) is 31.3 Å². The first kappa shape index (κ1) is 14.5. The zero-order chi connectivity index (χ0) is 13.8. The second-order valence-corrected chi connectivity index (χ2v) is 5.69. The zero-order valence-corrected chi connectivity index (χ0v) is 12.5. The summed E-state index contributed by atoms with van der Waals surface area (Å²) >= 11 is 3.23. The van der Waals surface area contributed by atoms with Crippen LogP contribution in [0.1, 0.15) is 23.2 Å². The molecule has 104 valence electrons. The highest BCUT2D eigenvalue weighted by atomic mass is 79.9. The highest BCUT2D eigenvalue weighted by molar-refractivity contribution is 9.10. The van der Waals surface area contributed by atoms with Crippen molar-refractivity contribution in [1.82, 2.24) is 4.90 Å². The van der Waals surface area contributed by atoms with Crippen molar-refractivity contribution in [2.24, 2.45) is 5.92 Å². The average molecular weight is 330 g/mol. The molecule has 1 aliphatic heterocycles. The monoisotopic (exact) mass is 329 g/mol. The predicted octanol–water partition coefficient (Wildman–Crippen LogP) is 3.09. The molecular formula is C14H17BrFNO2. The Hall–Kier alpha value is -0.940. The minimum Gasteiger partial charge on any atom is -0.381 e. The summed E-state index contributed by atoms with van der Waals surface area (Å²) in [7, 11) is 1.72. The van der Waals surface area contributed by atoms with Gasteiger partial charge in [-0.25, -0.2) is 4.39 Å². The number of halogens is 2. The fourth-order valence-electron chi connectivity index (χ4n) is 2.29. The predicted molar refractivity (Wildman–Crippen MR) is 74.6 cm³/mol. The summed E-state index contributed by atoms with van der Waals surface area (Å²) in [5.41, 5.74) is 0.108. The van der Waals surface area contributed by atoms with Crippen LogP contribution in [-0.4, -0.2) is 37.6 Å². The van der Waals surface area contributed by atoms with Crippen molar-refractivity contribution in [2.75, 3.05) is 26.8 Å². The molecule has 1 fully saturated rings. The van der Waals surface area contributed by atoms with E-state index in [2.05, 4.69) is 15.9 Å². The largest absolute Gasteiger partial charge is 0.381 e. The van der Waals surface area contributed by atoms with E-state index in [1.54, 1.807) is 24.1 Å². The standard InChI is InChI=1S/C14H17BrFNO2/c1-17(9-10-5-7-19-8-6-10)14(18)13-11(15)3-2-4-12(13)16/h2-4,10H,5-9H2,1H3. The second-order valence-electron chi connectivity index (χ2n) is 4.84. The van der Waals surface area contributed by atoms with Crippen LogP contribution in [0.25, 0.3) is 0 Å². The van der Waals surface area contributed by atoms with Crippen LogP contribution in [0.5, 0.6) is 0 Å². The number of nitrogens with zero attached hydrogens (tertiary/aromatic N) is 1. The lowest BCUT2D eigenvalue weighted by molar-refractivity contribution is 0.0495. The number of rotatable bonds is 3. The molecule has 0 saturated carbocycles. The molecule has 0 radical (unpaired) electrons. The third kappa shape index (κ3) is 3.54. The summed E-state index contributed by atoms with van der Waals surface area (Å²) in [6.07, 6.45) is 1.91. The Morgan fingerprint density at radius 1 is 1.47 bits per heavy atom. The Morgan fingerprint density at radius 2 is 2.16 bits per heavy atom. The van der Waals surface area contributed by atoms with E-state index in [0.29, 0.717) is 16.9 Å². The molecule has 2 rings (SSSR count). The molecular weight excluding hydrogens is 313 g/mol. The summed E-state index contributed by atoms with van der Waals surface area (Å²) < 4.78 is 19.5. The normalized spacial score (nSPS) is 16.4. The Balaban J connectivity index is 2.06. The van der Waals surface area contributed by atoms with E-state index in [-0.39, 0.29) is 11.5 Å². The molecule has 1 amide bonds. The van der Waals surface area contributed by atoms with E-state index in [1.807, 2.05) is 0 Å². The van der Waals surface area contributed by atoms with Crippen molar-refractivity contribution < 1.29 is 13.9 Å². The maximum absolute atomic E-state index is 13.7. The van der Waals surface area contributed by atoms with Gasteiger partial charge in [0.15, 0.2) is 0 Å². The molecule has 0 spiro atoms. The molecule has 0 bridgehead atoms. The van der Waals surface area contributed by atoms with Crippen molar-refractivity contribution >= 4 is 21.8 Å². The third-order valence-electron chi connectivity index (χ3n) is 3.40. The first-order chi connectivity index (χ1) is 9.09. The number of benzene rings is 1. The smallest absolute Gasteiger partial charge is 0.257 e.